The van der Waals surface area contributed by atoms with E-state index in [1.165, 1.54) is 23.7 Å². The molecule has 0 saturated carbocycles. The van der Waals surface area contributed by atoms with E-state index in [9.17, 15) is 9.50 Å². The van der Waals surface area contributed by atoms with Crippen LogP contribution in [0.2, 0.25) is 0 Å². The summed E-state index contributed by atoms with van der Waals surface area (Å²) in [6.07, 6.45) is 2.28. The number of nitrogens with zero attached hydrogens (tertiary/aromatic N) is 4. The largest absolute Gasteiger partial charge is 0.505 e. The Bertz CT molecular complexity index is 831. The van der Waals surface area contributed by atoms with E-state index in [4.69, 9.17) is 0 Å². The lowest BCUT2D eigenvalue weighted by molar-refractivity contribution is 0.432. The standard InChI is InChI=1S/C14H11FN4OS/c1-2-8-6-12(20)10(15)7-11(8)17-18-14-9-4-3-5-16-13(9)19-21-14/h3-7,20H,2H2,1H3. The number of azo groups is 1. The number of halogens is 1. The zero-order chi connectivity index (χ0) is 14.8. The number of pyridine rings is 1. The normalized spacial score (nSPS) is 11.5. The average Bonchev–Trinajstić information content (AvgIpc) is 2.91. The number of fused-ring (bicyclic) bond motifs is 1. The molecule has 0 saturated heterocycles. The third kappa shape index (κ3) is 2.59. The third-order valence-electron chi connectivity index (χ3n) is 3.01. The van der Waals surface area contributed by atoms with Gasteiger partial charge in [-0.25, -0.2) is 9.37 Å². The summed E-state index contributed by atoms with van der Waals surface area (Å²) >= 11 is 1.19. The summed E-state index contributed by atoms with van der Waals surface area (Å²) in [6.45, 7) is 1.90. The van der Waals surface area contributed by atoms with Crippen LogP contribution in [0.3, 0.4) is 0 Å². The van der Waals surface area contributed by atoms with Crippen molar-refractivity contribution in [2.45, 2.75) is 13.3 Å². The predicted molar refractivity (Wildman–Crippen MR) is 79.0 cm³/mol. The Kier molecular flexibility index (Phi) is 3.57. The fourth-order valence-electron chi connectivity index (χ4n) is 1.91. The Balaban J connectivity index is 2.01. The number of phenols is 1. The van der Waals surface area contributed by atoms with Gasteiger partial charge in [-0.15, -0.1) is 10.2 Å². The first-order valence-electron chi connectivity index (χ1n) is 6.32. The van der Waals surface area contributed by atoms with Gasteiger partial charge in [-0.05, 0) is 41.7 Å². The van der Waals surface area contributed by atoms with Gasteiger partial charge in [0.25, 0.3) is 0 Å². The second kappa shape index (κ2) is 5.53. The van der Waals surface area contributed by atoms with Crippen molar-refractivity contribution in [3.8, 4) is 5.75 Å². The number of aryl methyl sites for hydroxylation is 1. The lowest BCUT2D eigenvalue weighted by Crippen LogP contribution is -1.84. The number of hydrogen-bond acceptors (Lipinski definition) is 6. The smallest absolute Gasteiger partial charge is 0.175 e. The Morgan fingerprint density at radius 1 is 1.33 bits per heavy atom. The van der Waals surface area contributed by atoms with E-state index in [0.29, 0.717) is 22.8 Å². The minimum Gasteiger partial charge on any atom is -0.505 e. The Hall–Kier alpha value is -2.41. The van der Waals surface area contributed by atoms with Crippen LogP contribution in [0.5, 0.6) is 5.75 Å². The summed E-state index contributed by atoms with van der Waals surface area (Å²) in [6, 6.07) is 6.21. The molecule has 2 aromatic heterocycles. The van der Waals surface area contributed by atoms with Crippen molar-refractivity contribution in [2.75, 3.05) is 0 Å². The van der Waals surface area contributed by atoms with Gasteiger partial charge >= 0.3 is 0 Å². The fraction of sp³-hybridized carbons (Fsp3) is 0.143. The van der Waals surface area contributed by atoms with Crippen LogP contribution in [0.25, 0.3) is 11.0 Å². The molecule has 1 N–H and O–H groups in total. The van der Waals surface area contributed by atoms with Crippen LogP contribution < -0.4 is 0 Å². The first-order chi connectivity index (χ1) is 10.2. The minimum atomic E-state index is -0.711. The molecule has 0 unspecified atom stereocenters. The number of phenolic OH excluding ortho intramolecular Hbond substituents is 1. The molecule has 2 heterocycles. The molecule has 0 amide bonds. The topological polar surface area (TPSA) is 70.7 Å². The minimum absolute atomic E-state index is 0.377. The molecule has 1 aromatic carbocycles. The lowest BCUT2D eigenvalue weighted by atomic mass is 10.1. The van der Waals surface area contributed by atoms with Gasteiger partial charge in [0.15, 0.2) is 22.2 Å². The maximum atomic E-state index is 13.4. The second-order valence-electron chi connectivity index (χ2n) is 4.35. The maximum absolute atomic E-state index is 13.4. The lowest BCUT2D eigenvalue weighted by Gasteiger charge is -2.03. The number of aromatic hydroxyl groups is 1. The van der Waals surface area contributed by atoms with Crippen LogP contribution in [0.1, 0.15) is 12.5 Å². The average molecular weight is 302 g/mol. The molecule has 0 bridgehead atoms. The van der Waals surface area contributed by atoms with Crippen molar-refractivity contribution in [2.24, 2.45) is 10.2 Å². The van der Waals surface area contributed by atoms with Crippen molar-refractivity contribution >= 4 is 33.3 Å². The summed E-state index contributed by atoms with van der Waals surface area (Å²) in [5, 5.41) is 19.0. The number of aromatic nitrogens is 2. The van der Waals surface area contributed by atoms with E-state index >= 15 is 0 Å². The molecule has 0 aliphatic rings. The molecule has 21 heavy (non-hydrogen) atoms. The van der Waals surface area contributed by atoms with Gasteiger partial charge in [0.2, 0.25) is 0 Å². The first-order valence-corrected chi connectivity index (χ1v) is 7.10. The van der Waals surface area contributed by atoms with Crippen LogP contribution in [-0.4, -0.2) is 14.5 Å². The molecule has 7 heteroatoms. The van der Waals surface area contributed by atoms with Crippen molar-refractivity contribution in [3.05, 3.63) is 41.8 Å². The Morgan fingerprint density at radius 3 is 3.00 bits per heavy atom. The molecule has 3 aromatic rings. The fourth-order valence-corrected chi connectivity index (χ4v) is 2.57. The molecule has 106 valence electrons. The molecule has 0 radical (unpaired) electrons. The molecule has 0 fully saturated rings. The zero-order valence-electron chi connectivity index (χ0n) is 11.1. The summed E-state index contributed by atoms with van der Waals surface area (Å²) in [5.41, 5.74) is 1.74. The summed E-state index contributed by atoms with van der Waals surface area (Å²) < 4.78 is 17.6. The van der Waals surface area contributed by atoms with E-state index in [2.05, 4.69) is 19.6 Å². The summed E-state index contributed by atoms with van der Waals surface area (Å²) in [5.74, 6) is -1.09. The SMILES string of the molecule is CCc1cc(O)c(F)cc1N=Nc1snc2ncccc12. The monoisotopic (exact) mass is 302 g/mol. The van der Waals surface area contributed by atoms with Gasteiger partial charge in [-0.2, -0.15) is 4.37 Å². The van der Waals surface area contributed by atoms with Gasteiger partial charge in [0.05, 0.1) is 11.1 Å². The van der Waals surface area contributed by atoms with Crippen LogP contribution >= 0.6 is 11.5 Å². The van der Waals surface area contributed by atoms with Crippen LogP contribution in [0, 0.1) is 5.82 Å². The van der Waals surface area contributed by atoms with Gasteiger partial charge in [-0.1, -0.05) is 6.92 Å². The first kappa shape index (κ1) is 13.6. The molecule has 0 spiro atoms. The molecular weight excluding hydrogens is 291 g/mol. The highest BCUT2D eigenvalue weighted by atomic mass is 32.1. The summed E-state index contributed by atoms with van der Waals surface area (Å²) in [4.78, 5) is 4.12. The van der Waals surface area contributed by atoms with E-state index in [-0.39, 0.29) is 5.75 Å². The molecular formula is C14H11FN4OS. The van der Waals surface area contributed by atoms with Crippen LogP contribution in [0.15, 0.2) is 40.7 Å². The summed E-state index contributed by atoms with van der Waals surface area (Å²) in [7, 11) is 0. The molecule has 3 rings (SSSR count). The highest BCUT2D eigenvalue weighted by molar-refractivity contribution is 7.11. The molecule has 5 nitrogen and oxygen atoms in total. The second-order valence-corrected chi connectivity index (χ2v) is 5.10. The molecule has 0 atom stereocenters. The van der Waals surface area contributed by atoms with E-state index in [0.717, 1.165) is 10.9 Å². The number of rotatable bonds is 3. The number of benzene rings is 1. The quantitative estimate of drug-likeness (QED) is 0.723. The van der Waals surface area contributed by atoms with Crippen molar-refractivity contribution in [1.29, 1.82) is 0 Å². The van der Waals surface area contributed by atoms with E-state index < -0.39 is 5.82 Å². The molecule has 0 aliphatic carbocycles. The van der Waals surface area contributed by atoms with Crippen LogP contribution in [0.4, 0.5) is 15.1 Å². The van der Waals surface area contributed by atoms with Gasteiger partial charge in [-0.3, -0.25) is 0 Å². The van der Waals surface area contributed by atoms with Crippen molar-refractivity contribution in [3.63, 3.8) is 0 Å². The van der Waals surface area contributed by atoms with Crippen molar-refractivity contribution in [1.82, 2.24) is 9.36 Å². The Labute approximate surface area is 124 Å². The van der Waals surface area contributed by atoms with Gasteiger partial charge in [0.1, 0.15) is 0 Å². The maximum Gasteiger partial charge on any atom is 0.175 e. The zero-order valence-corrected chi connectivity index (χ0v) is 11.9. The van der Waals surface area contributed by atoms with Gasteiger partial charge in [0, 0.05) is 12.3 Å². The van der Waals surface area contributed by atoms with E-state index in [1.54, 1.807) is 12.3 Å². The molecule has 0 aliphatic heterocycles. The Morgan fingerprint density at radius 2 is 2.19 bits per heavy atom. The van der Waals surface area contributed by atoms with E-state index in [1.807, 2.05) is 13.0 Å². The van der Waals surface area contributed by atoms with Crippen LogP contribution in [-0.2, 0) is 6.42 Å². The predicted octanol–water partition coefficient (Wildman–Crippen LogP) is 4.51. The number of hydrogen-bond donors (Lipinski definition) is 1. The highest BCUT2D eigenvalue weighted by Gasteiger charge is 2.09. The highest BCUT2D eigenvalue weighted by Crippen LogP contribution is 2.33. The third-order valence-corrected chi connectivity index (χ3v) is 3.75. The van der Waals surface area contributed by atoms with Crippen molar-refractivity contribution < 1.29 is 9.50 Å². The van der Waals surface area contributed by atoms with Gasteiger partial charge < -0.3 is 5.11 Å².